The number of nitro groups is 1. The predicted molar refractivity (Wildman–Crippen MR) is 70.7 cm³/mol. The molecule has 0 saturated carbocycles. The molecule has 0 heterocycles. The lowest BCUT2D eigenvalue weighted by Crippen LogP contribution is -2.01. The molecule has 0 aliphatic rings. The van der Waals surface area contributed by atoms with Crippen molar-refractivity contribution >= 4 is 16.5 Å². The summed E-state index contributed by atoms with van der Waals surface area (Å²) in [5.41, 5.74) is 0.897. The van der Waals surface area contributed by atoms with E-state index in [9.17, 15) is 14.3 Å². The number of hydrogen-bond donors (Lipinski definition) is 1. The zero-order chi connectivity index (χ0) is 13.4. The lowest BCUT2D eigenvalue weighted by Gasteiger charge is -2.02. The predicted octanol–water partition coefficient (Wildman–Crippen LogP) is 2.01. The van der Waals surface area contributed by atoms with Crippen molar-refractivity contribution in [2.24, 2.45) is 0 Å². The molecule has 100 valence electrons. The largest absolute Gasteiger partial charge is 0.396 e. The van der Waals surface area contributed by atoms with Crippen LogP contribution in [0, 0.1) is 10.1 Å². The van der Waals surface area contributed by atoms with Gasteiger partial charge in [0.1, 0.15) is 0 Å². The van der Waals surface area contributed by atoms with Gasteiger partial charge in [-0.1, -0.05) is 18.6 Å². The van der Waals surface area contributed by atoms with Gasteiger partial charge in [-0.2, -0.15) is 0 Å². The molecule has 0 radical (unpaired) electrons. The Kier molecular flexibility index (Phi) is 6.53. The average Bonchev–Trinajstić information content (AvgIpc) is 2.35. The first-order valence-electron chi connectivity index (χ1n) is 5.82. The van der Waals surface area contributed by atoms with Gasteiger partial charge in [-0.25, -0.2) is 0 Å². The molecule has 0 amide bonds. The first-order chi connectivity index (χ1) is 8.63. The fraction of sp³-hybridized carbons (Fsp3) is 0.500. The maximum atomic E-state index is 11.7. The first-order valence-corrected chi connectivity index (χ1v) is 7.31. The van der Waals surface area contributed by atoms with Gasteiger partial charge >= 0.3 is 0 Å². The van der Waals surface area contributed by atoms with Gasteiger partial charge in [-0.3, -0.25) is 14.3 Å². The SMILES string of the molecule is O=[N+]([O-])c1ccc(CS(=O)CCCCCO)cc1. The van der Waals surface area contributed by atoms with Crippen molar-refractivity contribution in [1.82, 2.24) is 0 Å². The Bertz CT molecular complexity index is 405. The van der Waals surface area contributed by atoms with Crippen LogP contribution >= 0.6 is 0 Å². The van der Waals surface area contributed by atoms with E-state index >= 15 is 0 Å². The molecule has 0 saturated heterocycles. The van der Waals surface area contributed by atoms with Gasteiger partial charge in [0.05, 0.1) is 4.92 Å². The van der Waals surface area contributed by atoms with Gasteiger partial charge in [-0.05, 0) is 18.4 Å². The third-order valence-corrected chi connectivity index (χ3v) is 3.90. The van der Waals surface area contributed by atoms with Crippen LogP contribution in [0.4, 0.5) is 5.69 Å². The Morgan fingerprint density at radius 1 is 1.17 bits per heavy atom. The Labute approximate surface area is 108 Å². The molecule has 1 aromatic carbocycles. The highest BCUT2D eigenvalue weighted by molar-refractivity contribution is 7.84. The number of aliphatic hydroxyl groups is 1. The minimum atomic E-state index is -0.943. The summed E-state index contributed by atoms with van der Waals surface area (Å²) in [6.45, 7) is 0.176. The minimum Gasteiger partial charge on any atom is -0.396 e. The van der Waals surface area contributed by atoms with Gasteiger partial charge in [0, 0.05) is 41.0 Å². The monoisotopic (exact) mass is 271 g/mol. The maximum absolute atomic E-state index is 11.7. The molecule has 1 atom stereocenters. The number of aliphatic hydroxyl groups excluding tert-OH is 1. The number of nitrogens with zero attached hydrogens (tertiary/aromatic N) is 1. The van der Waals surface area contributed by atoms with E-state index in [1.165, 1.54) is 12.1 Å². The third-order valence-electron chi connectivity index (χ3n) is 2.50. The van der Waals surface area contributed by atoms with Crippen LogP contribution in [0.1, 0.15) is 24.8 Å². The van der Waals surface area contributed by atoms with E-state index in [-0.39, 0.29) is 12.3 Å². The molecule has 6 heteroatoms. The van der Waals surface area contributed by atoms with E-state index in [4.69, 9.17) is 5.11 Å². The van der Waals surface area contributed by atoms with Crippen molar-refractivity contribution in [3.8, 4) is 0 Å². The van der Waals surface area contributed by atoms with E-state index in [0.717, 1.165) is 24.8 Å². The smallest absolute Gasteiger partial charge is 0.269 e. The Balaban J connectivity index is 2.37. The number of rotatable bonds is 8. The normalized spacial score (nSPS) is 12.3. The first kappa shape index (κ1) is 14.8. The molecule has 0 spiro atoms. The fourth-order valence-electron chi connectivity index (χ4n) is 1.52. The van der Waals surface area contributed by atoms with Crippen molar-refractivity contribution in [3.63, 3.8) is 0 Å². The lowest BCUT2D eigenvalue weighted by molar-refractivity contribution is -0.384. The molecule has 1 rings (SSSR count). The molecule has 18 heavy (non-hydrogen) atoms. The van der Waals surface area contributed by atoms with Crippen molar-refractivity contribution < 1.29 is 14.2 Å². The number of nitro benzene ring substituents is 1. The summed E-state index contributed by atoms with van der Waals surface area (Å²) in [7, 11) is -0.943. The average molecular weight is 271 g/mol. The number of unbranched alkanes of at least 4 members (excludes halogenated alkanes) is 2. The molecule has 0 aliphatic carbocycles. The number of hydrogen-bond acceptors (Lipinski definition) is 4. The highest BCUT2D eigenvalue weighted by Crippen LogP contribution is 2.13. The van der Waals surface area contributed by atoms with Crippen molar-refractivity contribution in [3.05, 3.63) is 39.9 Å². The molecule has 1 aromatic rings. The van der Waals surface area contributed by atoms with Crippen LogP contribution in [0.15, 0.2) is 24.3 Å². The summed E-state index contributed by atoms with van der Waals surface area (Å²) in [6.07, 6.45) is 2.46. The molecule has 5 nitrogen and oxygen atoms in total. The van der Waals surface area contributed by atoms with Crippen LogP contribution in [0.25, 0.3) is 0 Å². The van der Waals surface area contributed by atoms with E-state index in [1.54, 1.807) is 12.1 Å². The second-order valence-corrected chi connectivity index (χ2v) is 5.57. The number of non-ortho nitro benzene ring substituents is 1. The van der Waals surface area contributed by atoms with Crippen molar-refractivity contribution in [1.29, 1.82) is 0 Å². The molecular weight excluding hydrogens is 254 g/mol. The van der Waals surface area contributed by atoms with Gasteiger partial charge in [0.2, 0.25) is 0 Å². The standard InChI is InChI=1S/C12H17NO4S/c14-8-2-1-3-9-18(17)10-11-4-6-12(7-5-11)13(15)16/h4-7,14H,1-3,8-10H2. The molecular formula is C12H17NO4S. The maximum Gasteiger partial charge on any atom is 0.269 e. The zero-order valence-corrected chi connectivity index (χ0v) is 10.9. The van der Waals surface area contributed by atoms with Gasteiger partial charge in [-0.15, -0.1) is 0 Å². The van der Waals surface area contributed by atoms with Crippen LogP contribution < -0.4 is 0 Å². The topological polar surface area (TPSA) is 80.4 Å². The third kappa shape index (κ3) is 5.37. The zero-order valence-electron chi connectivity index (χ0n) is 10.1. The van der Waals surface area contributed by atoms with Crippen LogP contribution in [0.5, 0.6) is 0 Å². The van der Waals surface area contributed by atoms with Gasteiger partial charge in [0.25, 0.3) is 5.69 Å². The molecule has 1 unspecified atom stereocenters. The molecule has 0 aliphatic heterocycles. The molecule has 0 bridgehead atoms. The molecule has 1 N–H and O–H groups in total. The van der Waals surface area contributed by atoms with E-state index in [2.05, 4.69) is 0 Å². The summed E-state index contributed by atoms with van der Waals surface area (Å²) < 4.78 is 11.7. The second-order valence-electron chi connectivity index (χ2n) is 4.00. The molecule has 0 aromatic heterocycles. The molecule has 0 fully saturated rings. The Morgan fingerprint density at radius 2 is 1.83 bits per heavy atom. The highest BCUT2D eigenvalue weighted by atomic mass is 32.2. The van der Waals surface area contributed by atoms with Crippen LogP contribution in [0.2, 0.25) is 0 Å². The van der Waals surface area contributed by atoms with Crippen molar-refractivity contribution in [2.45, 2.75) is 25.0 Å². The summed E-state index contributed by atoms with van der Waals surface area (Å²) in [6, 6.07) is 6.14. The van der Waals surface area contributed by atoms with Crippen LogP contribution in [-0.2, 0) is 16.6 Å². The number of benzene rings is 1. The fourth-order valence-corrected chi connectivity index (χ4v) is 2.76. The highest BCUT2D eigenvalue weighted by Gasteiger charge is 2.06. The summed E-state index contributed by atoms with van der Waals surface area (Å²) in [5, 5.41) is 19.1. The summed E-state index contributed by atoms with van der Waals surface area (Å²) >= 11 is 0. The van der Waals surface area contributed by atoms with E-state index in [0.29, 0.717) is 11.5 Å². The quantitative estimate of drug-likeness (QED) is 0.445. The second kappa shape index (κ2) is 7.94. The lowest BCUT2D eigenvalue weighted by atomic mass is 10.2. The summed E-state index contributed by atoms with van der Waals surface area (Å²) in [5.74, 6) is 1.04. The van der Waals surface area contributed by atoms with Crippen LogP contribution in [0.3, 0.4) is 0 Å². The van der Waals surface area contributed by atoms with Crippen molar-refractivity contribution in [2.75, 3.05) is 12.4 Å². The van der Waals surface area contributed by atoms with E-state index in [1.807, 2.05) is 0 Å². The minimum absolute atomic E-state index is 0.0486. The van der Waals surface area contributed by atoms with E-state index < -0.39 is 15.7 Å². The van der Waals surface area contributed by atoms with Gasteiger partial charge < -0.3 is 5.11 Å². The Hall–Kier alpha value is -1.27. The summed E-state index contributed by atoms with van der Waals surface area (Å²) in [4.78, 5) is 10.0. The van der Waals surface area contributed by atoms with Crippen LogP contribution in [-0.4, -0.2) is 26.6 Å². The Morgan fingerprint density at radius 3 is 2.39 bits per heavy atom. The van der Waals surface area contributed by atoms with Gasteiger partial charge in [0.15, 0.2) is 0 Å².